The maximum Gasteiger partial charge on any atom is 0.254 e. The molecule has 1 saturated heterocycles. The average molecular weight is 261 g/mol. The number of hydrogen-bond donors (Lipinski definition) is 0. The lowest BCUT2D eigenvalue weighted by molar-refractivity contribution is 0.0540. The Hall–Kier alpha value is -1.35. The van der Waals surface area contributed by atoms with E-state index >= 15 is 0 Å². The fourth-order valence-corrected chi connectivity index (χ4v) is 2.58. The largest absolute Gasteiger partial charge is 0.379 e. The Bertz CT molecular complexity index is 431. The molecule has 0 saturated carbocycles. The van der Waals surface area contributed by atoms with Crippen LogP contribution in [0.15, 0.2) is 24.3 Å². The van der Waals surface area contributed by atoms with Crippen molar-refractivity contribution in [3.8, 4) is 0 Å². The molecule has 0 bridgehead atoms. The zero-order valence-electron chi connectivity index (χ0n) is 11.9. The molecule has 104 valence electrons. The number of nitrogens with zero attached hydrogens (tertiary/aromatic N) is 1. The van der Waals surface area contributed by atoms with Gasteiger partial charge in [-0.3, -0.25) is 4.79 Å². The van der Waals surface area contributed by atoms with Crippen LogP contribution in [0, 0.1) is 6.92 Å². The van der Waals surface area contributed by atoms with Gasteiger partial charge >= 0.3 is 0 Å². The van der Waals surface area contributed by atoms with Crippen LogP contribution in [0.4, 0.5) is 0 Å². The van der Waals surface area contributed by atoms with Gasteiger partial charge < -0.3 is 9.64 Å². The lowest BCUT2D eigenvalue weighted by Gasteiger charge is -2.24. The number of carbonyl (C=O) groups is 1. The summed E-state index contributed by atoms with van der Waals surface area (Å²) >= 11 is 0. The Morgan fingerprint density at radius 3 is 3.05 bits per heavy atom. The second kappa shape index (κ2) is 6.71. The van der Waals surface area contributed by atoms with Crippen molar-refractivity contribution < 1.29 is 9.53 Å². The Balaban J connectivity index is 2.01. The van der Waals surface area contributed by atoms with Gasteiger partial charge in [-0.25, -0.2) is 0 Å². The van der Waals surface area contributed by atoms with Crippen LogP contribution < -0.4 is 0 Å². The van der Waals surface area contributed by atoms with Crippen molar-refractivity contribution in [2.45, 2.75) is 39.2 Å². The first-order valence-electron chi connectivity index (χ1n) is 7.17. The predicted octanol–water partition coefficient (Wildman–Crippen LogP) is 3.03. The Labute approximate surface area is 115 Å². The Morgan fingerprint density at radius 2 is 2.32 bits per heavy atom. The van der Waals surface area contributed by atoms with Crippen LogP contribution in [-0.2, 0) is 4.74 Å². The first-order valence-corrected chi connectivity index (χ1v) is 7.17. The maximum absolute atomic E-state index is 12.5. The van der Waals surface area contributed by atoms with Crippen molar-refractivity contribution in [3.05, 3.63) is 35.4 Å². The molecule has 1 amide bonds. The summed E-state index contributed by atoms with van der Waals surface area (Å²) in [5.41, 5.74) is 1.92. The summed E-state index contributed by atoms with van der Waals surface area (Å²) in [6, 6.07) is 8.08. The molecule has 1 aliphatic rings. The van der Waals surface area contributed by atoms with E-state index in [2.05, 4.69) is 6.92 Å². The molecule has 1 aliphatic heterocycles. The quantitative estimate of drug-likeness (QED) is 0.762. The SMILES string of the molecule is CCCOCC1CCCN1C(=O)c1cccc(C)c1. The molecule has 0 aromatic heterocycles. The second-order valence-electron chi connectivity index (χ2n) is 5.24. The maximum atomic E-state index is 12.5. The minimum Gasteiger partial charge on any atom is -0.379 e. The average Bonchev–Trinajstić information content (AvgIpc) is 2.86. The third-order valence-corrected chi connectivity index (χ3v) is 3.56. The predicted molar refractivity (Wildman–Crippen MR) is 76.3 cm³/mol. The van der Waals surface area contributed by atoms with Gasteiger partial charge in [0.05, 0.1) is 12.6 Å². The molecule has 1 aromatic carbocycles. The number of amides is 1. The van der Waals surface area contributed by atoms with Crippen LogP contribution in [0.5, 0.6) is 0 Å². The molecule has 2 rings (SSSR count). The summed E-state index contributed by atoms with van der Waals surface area (Å²) in [7, 11) is 0. The van der Waals surface area contributed by atoms with Crippen molar-refractivity contribution in [2.24, 2.45) is 0 Å². The fraction of sp³-hybridized carbons (Fsp3) is 0.562. The minimum atomic E-state index is 0.145. The van der Waals surface area contributed by atoms with Gasteiger partial charge in [0, 0.05) is 18.7 Å². The van der Waals surface area contributed by atoms with Crippen LogP contribution in [-0.4, -0.2) is 36.6 Å². The third kappa shape index (κ3) is 3.57. The first kappa shape index (κ1) is 14.1. The summed E-state index contributed by atoms with van der Waals surface area (Å²) in [4.78, 5) is 14.5. The number of carbonyl (C=O) groups excluding carboxylic acids is 1. The Kier molecular flexibility index (Phi) is 4.97. The summed E-state index contributed by atoms with van der Waals surface area (Å²) in [5, 5.41) is 0. The fourth-order valence-electron chi connectivity index (χ4n) is 2.58. The number of ether oxygens (including phenoxy) is 1. The van der Waals surface area contributed by atoms with E-state index in [9.17, 15) is 4.79 Å². The highest BCUT2D eigenvalue weighted by Crippen LogP contribution is 2.20. The topological polar surface area (TPSA) is 29.5 Å². The molecule has 0 N–H and O–H groups in total. The molecule has 1 heterocycles. The van der Waals surface area contributed by atoms with Crippen LogP contribution in [0.3, 0.4) is 0 Å². The summed E-state index contributed by atoms with van der Waals surface area (Å²) < 4.78 is 5.61. The van der Waals surface area contributed by atoms with E-state index in [1.54, 1.807) is 0 Å². The van der Waals surface area contributed by atoms with Crippen LogP contribution >= 0.6 is 0 Å². The number of likely N-dealkylation sites (tertiary alicyclic amines) is 1. The van der Waals surface area contributed by atoms with E-state index < -0.39 is 0 Å². The first-order chi connectivity index (χ1) is 9.22. The minimum absolute atomic E-state index is 0.145. The standard InChI is InChI=1S/C16H23NO2/c1-3-10-19-12-15-8-5-9-17(15)16(18)14-7-4-6-13(2)11-14/h4,6-7,11,15H,3,5,8-10,12H2,1-2H3. The summed E-state index contributed by atoms with van der Waals surface area (Å²) in [6.45, 7) is 6.42. The lowest BCUT2D eigenvalue weighted by Crippen LogP contribution is -2.38. The van der Waals surface area contributed by atoms with Gasteiger partial charge in [-0.1, -0.05) is 24.6 Å². The highest BCUT2D eigenvalue weighted by molar-refractivity contribution is 5.94. The number of benzene rings is 1. The van der Waals surface area contributed by atoms with E-state index in [0.29, 0.717) is 6.61 Å². The van der Waals surface area contributed by atoms with Gasteiger partial charge in [-0.15, -0.1) is 0 Å². The molecular weight excluding hydrogens is 238 g/mol. The Morgan fingerprint density at radius 1 is 1.47 bits per heavy atom. The van der Waals surface area contributed by atoms with Crippen molar-refractivity contribution in [1.82, 2.24) is 4.90 Å². The van der Waals surface area contributed by atoms with Gasteiger partial charge in [0.1, 0.15) is 0 Å². The molecule has 3 nitrogen and oxygen atoms in total. The van der Waals surface area contributed by atoms with E-state index in [0.717, 1.165) is 43.5 Å². The molecule has 1 fully saturated rings. The van der Waals surface area contributed by atoms with Gasteiger partial charge in [-0.05, 0) is 38.3 Å². The third-order valence-electron chi connectivity index (χ3n) is 3.56. The van der Waals surface area contributed by atoms with E-state index in [1.807, 2.05) is 36.1 Å². The normalized spacial score (nSPS) is 18.8. The van der Waals surface area contributed by atoms with Crippen molar-refractivity contribution in [2.75, 3.05) is 19.8 Å². The summed E-state index contributed by atoms with van der Waals surface area (Å²) in [6.07, 6.45) is 3.16. The van der Waals surface area contributed by atoms with Crippen LogP contribution in [0.1, 0.15) is 42.1 Å². The van der Waals surface area contributed by atoms with Gasteiger partial charge in [0.15, 0.2) is 0 Å². The van der Waals surface area contributed by atoms with E-state index in [1.165, 1.54) is 0 Å². The molecule has 0 radical (unpaired) electrons. The second-order valence-corrected chi connectivity index (χ2v) is 5.24. The van der Waals surface area contributed by atoms with Crippen molar-refractivity contribution >= 4 is 5.91 Å². The molecule has 0 spiro atoms. The van der Waals surface area contributed by atoms with Crippen molar-refractivity contribution in [1.29, 1.82) is 0 Å². The monoisotopic (exact) mass is 261 g/mol. The molecule has 1 atom stereocenters. The summed E-state index contributed by atoms with van der Waals surface area (Å²) in [5.74, 6) is 0.145. The molecule has 0 aliphatic carbocycles. The molecule has 19 heavy (non-hydrogen) atoms. The van der Waals surface area contributed by atoms with Crippen molar-refractivity contribution in [3.63, 3.8) is 0 Å². The zero-order valence-corrected chi connectivity index (χ0v) is 11.9. The highest BCUT2D eigenvalue weighted by Gasteiger charge is 2.29. The number of aryl methyl sites for hydroxylation is 1. The van der Waals surface area contributed by atoms with Crippen LogP contribution in [0.25, 0.3) is 0 Å². The van der Waals surface area contributed by atoms with E-state index in [-0.39, 0.29) is 11.9 Å². The molecular formula is C16H23NO2. The number of rotatable bonds is 5. The molecule has 3 heteroatoms. The highest BCUT2D eigenvalue weighted by atomic mass is 16.5. The van der Waals surface area contributed by atoms with E-state index in [4.69, 9.17) is 4.74 Å². The van der Waals surface area contributed by atoms with Gasteiger partial charge in [0.2, 0.25) is 0 Å². The van der Waals surface area contributed by atoms with Crippen LogP contribution in [0.2, 0.25) is 0 Å². The van der Waals surface area contributed by atoms with Gasteiger partial charge in [0.25, 0.3) is 5.91 Å². The molecule has 1 aromatic rings. The lowest BCUT2D eigenvalue weighted by atomic mass is 10.1. The number of hydrogen-bond acceptors (Lipinski definition) is 2. The smallest absolute Gasteiger partial charge is 0.254 e. The zero-order chi connectivity index (χ0) is 13.7. The van der Waals surface area contributed by atoms with Gasteiger partial charge in [-0.2, -0.15) is 0 Å². The molecule has 1 unspecified atom stereocenters.